The van der Waals surface area contributed by atoms with Gasteiger partial charge in [0.25, 0.3) is 0 Å². The molecule has 234 valence electrons. The fraction of sp³-hybridized carbons (Fsp3) is 0.325. The van der Waals surface area contributed by atoms with Gasteiger partial charge >= 0.3 is 0 Å². The van der Waals surface area contributed by atoms with Crippen LogP contribution in [-0.2, 0) is 10.8 Å². The van der Waals surface area contributed by atoms with Crippen LogP contribution >= 0.6 is 0 Å². The third kappa shape index (κ3) is 5.92. The Morgan fingerprint density at radius 3 is 2.22 bits per heavy atom. The van der Waals surface area contributed by atoms with Crippen LogP contribution in [0.2, 0.25) is 0 Å². The summed E-state index contributed by atoms with van der Waals surface area (Å²) in [4.78, 5) is 2.46. The Morgan fingerprint density at radius 1 is 0.822 bits per heavy atom. The highest BCUT2D eigenvalue weighted by Gasteiger charge is 2.43. The molecule has 3 aromatic rings. The number of halogens is 1. The summed E-state index contributed by atoms with van der Waals surface area (Å²) in [5, 5.41) is 13.7. The largest absolute Gasteiger partial charge is 1.00 e. The number of phenolic OH excluding ortho intramolecular Hbond substituents is 1. The zero-order chi connectivity index (χ0) is 31.1. The number of phenols is 1. The van der Waals surface area contributed by atoms with Crippen molar-refractivity contribution in [2.45, 2.75) is 71.6 Å². The van der Waals surface area contributed by atoms with E-state index >= 15 is 0 Å². The van der Waals surface area contributed by atoms with E-state index in [-0.39, 0.29) is 40.6 Å². The molecular formula is C40H46IN3O. The summed E-state index contributed by atoms with van der Waals surface area (Å²) >= 11 is 0. The highest BCUT2D eigenvalue weighted by atomic mass is 127. The van der Waals surface area contributed by atoms with Gasteiger partial charge in [-0.1, -0.05) is 62.4 Å². The Kier molecular flexibility index (Phi) is 9.50. The molecule has 4 nitrogen and oxygen atoms in total. The summed E-state index contributed by atoms with van der Waals surface area (Å²) in [6.45, 7) is 15.7. The molecule has 0 fully saturated rings. The van der Waals surface area contributed by atoms with Crippen molar-refractivity contribution in [3.05, 3.63) is 131 Å². The fourth-order valence-corrected chi connectivity index (χ4v) is 7.43. The maximum absolute atomic E-state index is 9.94. The molecule has 0 atom stereocenters. The lowest BCUT2D eigenvalue weighted by molar-refractivity contribution is -0.433. The van der Waals surface area contributed by atoms with Crippen molar-refractivity contribution >= 4 is 22.8 Å². The second-order valence-corrected chi connectivity index (χ2v) is 13.2. The molecule has 3 aliphatic rings. The molecule has 3 aromatic carbocycles. The number of likely N-dealkylation sites (N-methyl/N-ethyl adjacent to an activating group) is 1. The van der Waals surface area contributed by atoms with Crippen LogP contribution in [0, 0.1) is 0 Å². The summed E-state index contributed by atoms with van der Waals surface area (Å²) in [5.74, 6) is 0.274. The van der Waals surface area contributed by atoms with Gasteiger partial charge in [-0.05, 0) is 100 Å². The predicted octanol–water partition coefficient (Wildman–Crippen LogP) is 6.53. The first kappa shape index (κ1) is 32.8. The summed E-state index contributed by atoms with van der Waals surface area (Å²) in [7, 11) is 0. The highest BCUT2D eigenvalue weighted by molar-refractivity contribution is 6.03. The first-order chi connectivity index (χ1) is 21.2. The summed E-state index contributed by atoms with van der Waals surface area (Å²) in [5.41, 5.74) is 12.7. The van der Waals surface area contributed by atoms with Gasteiger partial charge in [-0.25, -0.2) is 0 Å². The average molecular weight is 712 g/mol. The molecule has 0 aromatic heterocycles. The van der Waals surface area contributed by atoms with Crippen molar-refractivity contribution in [3.8, 4) is 5.75 Å². The molecule has 45 heavy (non-hydrogen) atoms. The van der Waals surface area contributed by atoms with E-state index in [4.69, 9.17) is 0 Å². The standard InChI is InChI=1S/C40H45N3O.HI/c1-7-42-34-18-11-9-16-32(34)39(3,4)36(42)26-20-28-14-13-15-29(38(28)41-30-22-24-31(44)25-23-30)21-27-37-40(5,6)33-17-10-12-19-35(33)43(37)8-2;/h9-12,16-27,44H,7-8,13-15H2,1-6H3;1H/b28-20+,36-26+;. The third-order valence-corrected chi connectivity index (χ3v) is 9.79. The van der Waals surface area contributed by atoms with Gasteiger partial charge in [0.15, 0.2) is 5.71 Å². The van der Waals surface area contributed by atoms with Gasteiger partial charge in [0.1, 0.15) is 12.3 Å². The van der Waals surface area contributed by atoms with Gasteiger partial charge in [-0.15, -0.1) is 0 Å². The smallest absolute Gasteiger partial charge is 0.209 e. The Labute approximate surface area is 286 Å². The van der Waals surface area contributed by atoms with E-state index in [2.05, 4.69) is 129 Å². The molecule has 5 heteroatoms. The first-order valence-electron chi connectivity index (χ1n) is 16.2. The molecule has 0 amide bonds. The van der Waals surface area contributed by atoms with Gasteiger partial charge in [0.2, 0.25) is 5.69 Å². The van der Waals surface area contributed by atoms with E-state index in [9.17, 15) is 5.11 Å². The van der Waals surface area contributed by atoms with Crippen molar-refractivity contribution in [1.82, 2.24) is 0 Å². The summed E-state index contributed by atoms with van der Waals surface area (Å²) in [6.07, 6.45) is 12.5. The molecule has 0 radical (unpaired) electrons. The van der Waals surface area contributed by atoms with Gasteiger partial charge < -0.3 is 39.3 Å². The van der Waals surface area contributed by atoms with E-state index in [1.165, 1.54) is 50.8 Å². The lowest BCUT2D eigenvalue weighted by atomic mass is 9.81. The lowest BCUT2D eigenvalue weighted by Gasteiger charge is -2.27. The number of rotatable bonds is 7. The molecule has 0 spiro atoms. The van der Waals surface area contributed by atoms with Gasteiger partial charge in [0.05, 0.1) is 5.41 Å². The normalized spacial score (nSPS) is 20.2. The average Bonchev–Trinajstić information content (AvgIpc) is 3.38. The molecule has 2 N–H and O–H groups in total. The van der Waals surface area contributed by atoms with Crippen molar-refractivity contribution in [1.29, 1.82) is 0 Å². The SMILES string of the molecule is CCN1/C(=C/C=C2\CCCC(/C=C/C3=[N+](CC)c4ccccc4C3(C)C)=C2Nc2ccc(O)cc2)C(C)(C)c2ccccc21.[I-]. The minimum absolute atomic E-state index is 0. The van der Waals surface area contributed by atoms with Crippen molar-refractivity contribution < 1.29 is 33.7 Å². The second-order valence-electron chi connectivity index (χ2n) is 13.2. The third-order valence-electron chi connectivity index (χ3n) is 9.79. The van der Waals surface area contributed by atoms with Crippen molar-refractivity contribution in [2.75, 3.05) is 23.3 Å². The number of fused-ring (bicyclic) bond motifs is 2. The molecule has 1 aliphatic carbocycles. The zero-order valence-electron chi connectivity index (χ0n) is 27.5. The second kappa shape index (κ2) is 13.0. The van der Waals surface area contributed by atoms with E-state index in [0.29, 0.717) is 0 Å². The predicted molar refractivity (Wildman–Crippen MR) is 185 cm³/mol. The molecule has 6 rings (SSSR count). The van der Waals surface area contributed by atoms with E-state index in [0.717, 1.165) is 38.0 Å². The van der Waals surface area contributed by atoms with Crippen LogP contribution in [0.5, 0.6) is 5.75 Å². The van der Waals surface area contributed by atoms with Crippen LogP contribution in [0.4, 0.5) is 17.1 Å². The number of hydrogen-bond acceptors (Lipinski definition) is 3. The number of aromatic hydroxyl groups is 1. The Morgan fingerprint density at radius 2 is 1.51 bits per heavy atom. The van der Waals surface area contributed by atoms with Crippen LogP contribution in [0.25, 0.3) is 0 Å². The van der Waals surface area contributed by atoms with Gasteiger partial charge in [-0.3, -0.25) is 0 Å². The van der Waals surface area contributed by atoms with Gasteiger partial charge in [0, 0.05) is 52.4 Å². The molecule has 2 heterocycles. The number of nitrogens with one attached hydrogen (secondary N) is 1. The van der Waals surface area contributed by atoms with E-state index in [1.54, 1.807) is 12.1 Å². The van der Waals surface area contributed by atoms with Crippen molar-refractivity contribution in [3.63, 3.8) is 0 Å². The van der Waals surface area contributed by atoms with E-state index in [1.807, 2.05) is 12.1 Å². The zero-order valence-corrected chi connectivity index (χ0v) is 29.7. The minimum atomic E-state index is -0.0708. The molecule has 2 aliphatic heterocycles. The molecule has 0 saturated heterocycles. The Hall–Kier alpha value is -3.58. The highest BCUT2D eigenvalue weighted by Crippen LogP contribution is 2.47. The number of nitrogens with zero attached hydrogens (tertiary/aromatic N) is 2. The summed E-state index contributed by atoms with van der Waals surface area (Å²) < 4.78 is 2.46. The number of anilines is 2. The molecule has 0 unspecified atom stereocenters. The number of benzene rings is 3. The van der Waals surface area contributed by atoms with Crippen LogP contribution in [0.1, 0.15) is 71.9 Å². The summed E-state index contributed by atoms with van der Waals surface area (Å²) in [6, 6.07) is 25.0. The number of hydrogen-bond donors (Lipinski definition) is 2. The van der Waals surface area contributed by atoms with Gasteiger partial charge in [-0.2, -0.15) is 4.58 Å². The van der Waals surface area contributed by atoms with Crippen LogP contribution in [-0.4, -0.2) is 28.5 Å². The molecule has 0 saturated carbocycles. The maximum atomic E-state index is 9.94. The number of para-hydroxylation sites is 2. The monoisotopic (exact) mass is 711 g/mol. The Bertz CT molecular complexity index is 1740. The molecular weight excluding hydrogens is 665 g/mol. The van der Waals surface area contributed by atoms with E-state index < -0.39 is 0 Å². The molecule has 0 bridgehead atoms. The van der Waals surface area contributed by atoms with Crippen LogP contribution in [0.3, 0.4) is 0 Å². The quantitative estimate of drug-likeness (QED) is 0.167. The Balaban J connectivity index is 0.00000400. The fourth-order valence-electron chi connectivity index (χ4n) is 7.43. The first-order valence-corrected chi connectivity index (χ1v) is 16.2. The minimum Gasteiger partial charge on any atom is -1.00 e. The lowest BCUT2D eigenvalue weighted by Crippen LogP contribution is -3.00. The van der Waals surface area contributed by atoms with Crippen LogP contribution < -0.4 is 34.2 Å². The topological polar surface area (TPSA) is 38.5 Å². The van der Waals surface area contributed by atoms with Crippen molar-refractivity contribution in [2.24, 2.45) is 0 Å². The number of allylic oxidation sites excluding steroid dienone is 7. The maximum Gasteiger partial charge on any atom is 0.209 e. The van der Waals surface area contributed by atoms with Crippen LogP contribution in [0.15, 0.2) is 120 Å².